The van der Waals surface area contributed by atoms with Gasteiger partial charge in [0, 0.05) is 0 Å². The van der Waals surface area contributed by atoms with E-state index in [-0.39, 0.29) is 5.96 Å². The number of guanidine groups is 1. The van der Waals surface area contributed by atoms with Crippen molar-refractivity contribution in [1.82, 2.24) is 20.5 Å². The fraction of sp³-hybridized carbons (Fsp3) is 0.571. The third-order valence-electron chi connectivity index (χ3n) is 1.93. The Morgan fingerprint density at radius 2 is 1.48 bits per heavy atom. The zero-order valence-electron chi connectivity index (χ0n) is 14.2. The Hall–Kier alpha value is -2.58. The van der Waals surface area contributed by atoms with Crippen LogP contribution in [0.1, 0.15) is 41.5 Å². The second kappa shape index (κ2) is 7.12. The summed E-state index contributed by atoms with van der Waals surface area (Å²) >= 11 is 0. The number of carbonyl (C=O) groups is 2. The molecular formula is C14H23N5O4. The van der Waals surface area contributed by atoms with E-state index in [2.05, 4.69) is 20.8 Å². The molecule has 9 nitrogen and oxygen atoms in total. The van der Waals surface area contributed by atoms with Gasteiger partial charge < -0.3 is 9.47 Å². The molecule has 0 aliphatic carbocycles. The molecule has 0 aliphatic rings. The lowest BCUT2D eigenvalue weighted by atomic mass is 10.2. The molecule has 0 fully saturated rings. The number of alkyl carbamates (subject to hydrolysis) is 2. The van der Waals surface area contributed by atoms with Crippen molar-refractivity contribution in [2.24, 2.45) is 5.10 Å². The number of ether oxygens (including phenoxy) is 2. The quantitative estimate of drug-likeness (QED) is 0.607. The SMILES string of the molecule is CC(C)(C)OC(=O)NC(=Nn1cccn1)NC(=O)OC(C)(C)C. The van der Waals surface area contributed by atoms with Crippen molar-refractivity contribution in [1.29, 1.82) is 0 Å². The molecule has 1 rings (SSSR count). The van der Waals surface area contributed by atoms with Gasteiger partial charge in [0.1, 0.15) is 11.2 Å². The molecule has 1 aromatic heterocycles. The first kappa shape index (κ1) is 18.5. The minimum atomic E-state index is -0.764. The van der Waals surface area contributed by atoms with Crippen LogP contribution < -0.4 is 10.6 Å². The molecular weight excluding hydrogens is 302 g/mol. The highest BCUT2D eigenvalue weighted by molar-refractivity contribution is 6.01. The summed E-state index contributed by atoms with van der Waals surface area (Å²) < 4.78 is 10.2. The minimum Gasteiger partial charge on any atom is -0.444 e. The van der Waals surface area contributed by atoms with E-state index in [1.54, 1.807) is 47.6 Å². The van der Waals surface area contributed by atoms with Crippen LogP contribution in [-0.4, -0.2) is 39.2 Å². The van der Waals surface area contributed by atoms with Crippen molar-refractivity contribution in [3.63, 3.8) is 0 Å². The molecule has 0 aliphatic heterocycles. The van der Waals surface area contributed by atoms with Gasteiger partial charge in [-0.3, -0.25) is 10.6 Å². The number of aromatic nitrogens is 2. The zero-order chi connectivity index (χ0) is 17.7. The van der Waals surface area contributed by atoms with Crippen LogP contribution in [0.25, 0.3) is 0 Å². The van der Waals surface area contributed by atoms with Gasteiger partial charge in [0.05, 0.1) is 12.4 Å². The summed E-state index contributed by atoms with van der Waals surface area (Å²) in [5.74, 6) is -0.169. The summed E-state index contributed by atoms with van der Waals surface area (Å²) in [6.07, 6.45) is 1.51. The topological polar surface area (TPSA) is 107 Å². The zero-order valence-corrected chi connectivity index (χ0v) is 14.2. The van der Waals surface area contributed by atoms with Crippen molar-refractivity contribution < 1.29 is 19.1 Å². The molecule has 0 aromatic carbocycles. The summed E-state index contributed by atoms with van der Waals surface area (Å²) in [4.78, 5) is 24.8. The minimum absolute atomic E-state index is 0.169. The van der Waals surface area contributed by atoms with Gasteiger partial charge in [-0.1, -0.05) is 0 Å². The van der Waals surface area contributed by atoms with E-state index in [0.717, 1.165) is 0 Å². The van der Waals surface area contributed by atoms with Crippen molar-refractivity contribution in [3.05, 3.63) is 18.5 Å². The molecule has 9 heteroatoms. The lowest BCUT2D eigenvalue weighted by Gasteiger charge is -2.21. The van der Waals surface area contributed by atoms with Crippen molar-refractivity contribution in [3.8, 4) is 0 Å². The summed E-state index contributed by atoms with van der Waals surface area (Å²) in [6, 6.07) is 1.64. The van der Waals surface area contributed by atoms with E-state index < -0.39 is 23.4 Å². The van der Waals surface area contributed by atoms with Gasteiger partial charge >= 0.3 is 12.2 Å². The number of nitrogens with zero attached hydrogens (tertiary/aromatic N) is 3. The second-order valence-corrected chi connectivity index (χ2v) is 6.63. The monoisotopic (exact) mass is 325 g/mol. The number of amides is 2. The van der Waals surface area contributed by atoms with E-state index in [0.29, 0.717) is 0 Å². The largest absolute Gasteiger partial charge is 0.444 e. The van der Waals surface area contributed by atoms with Crippen LogP contribution in [0.3, 0.4) is 0 Å². The normalized spacial score (nSPS) is 11.4. The van der Waals surface area contributed by atoms with Crippen molar-refractivity contribution in [2.75, 3.05) is 0 Å². The van der Waals surface area contributed by atoms with Crippen molar-refractivity contribution >= 4 is 18.1 Å². The van der Waals surface area contributed by atoms with E-state index in [1.165, 1.54) is 17.2 Å². The van der Waals surface area contributed by atoms with Gasteiger partial charge in [0.2, 0.25) is 5.96 Å². The first-order valence-corrected chi connectivity index (χ1v) is 7.03. The first-order valence-electron chi connectivity index (χ1n) is 7.03. The second-order valence-electron chi connectivity index (χ2n) is 6.63. The van der Waals surface area contributed by atoms with Gasteiger partial charge in [-0.05, 0) is 47.6 Å². The molecule has 0 saturated carbocycles. The van der Waals surface area contributed by atoms with E-state index >= 15 is 0 Å². The van der Waals surface area contributed by atoms with E-state index in [9.17, 15) is 9.59 Å². The van der Waals surface area contributed by atoms with Gasteiger partial charge in [0.15, 0.2) is 0 Å². The molecule has 0 saturated heterocycles. The molecule has 2 amide bonds. The highest BCUT2D eigenvalue weighted by Gasteiger charge is 2.21. The molecule has 2 N–H and O–H groups in total. The van der Waals surface area contributed by atoms with Crippen LogP contribution in [0.5, 0.6) is 0 Å². The number of rotatable bonds is 1. The highest BCUT2D eigenvalue weighted by atomic mass is 16.6. The Bertz CT molecular complexity index is 535. The average Bonchev–Trinajstić information content (AvgIpc) is 2.75. The molecule has 23 heavy (non-hydrogen) atoms. The Balaban J connectivity index is 2.82. The predicted molar refractivity (Wildman–Crippen MR) is 83.8 cm³/mol. The Morgan fingerprint density at radius 1 is 1.00 bits per heavy atom. The van der Waals surface area contributed by atoms with Crippen LogP contribution in [0.4, 0.5) is 9.59 Å². The van der Waals surface area contributed by atoms with Gasteiger partial charge in [-0.15, -0.1) is 5.10 Å². The van der Waals surface area contributed by atoms with Crippen molar-refractivity contribution in [2.45, 2.75) is 52.7 Å². The third-order valence-corrected chi connectivity index (χ3v) is 1.93. The van der Waals surface area contributed by atoms with Crippen LogP contribution in [0.2, 0.25) is 0 Å². The fourth-order valence-electron chi connectivity index (χ4n) is 1.30. The van der Waals surface area contributed by atoms with Gasteiger partial charge in [-0.2, -0.15) is 9.89 Å². The van der Waals surface area contributed by atoms with Crippen LogP contribution >= 0.6 is 0 Å². The first-order chi connectivity index (χ1) is 10.4. The van der Waals surface area contributed by atoms with Crippen LogP contribution in [-0.2, 0) is 9.47 Å². The van der Waals surface area contributed by atoms with Gasteiger partial charge in [-0.25, -0.2) is 9.59 Å². The standard InChI is InChI=1S/C14H23N5O4/c1-13(2,3)22-11(20)16-10(18-19-9-7-8-15-19)17-12(21)23-14(4,5)6/h7-9H,1-6H3,(H2,16,17,18,20,21). The fourth-order valence-corrected chi connectivity index (χ4v) is 1.30. The average molecular weight is 325 g/mol. The number of carbonyl (C=O) groups excluding carboxylic acids is 2. The maximum absolute atomic E-state index is 11.8. The van der Waals surface area contributed by atoms with E-state index in [1.807, 2.05) is 0 Å². The van der Waals surface area contributed by atoms with Crippen LogP contribution in [0, 0.1) is 0 Å². The highest BCUT2D eigenvalue weighted by Crippen LogP contribution is 2.07. The smallest absolute Gasteiger partial charge is 0.414 e. The maximum atomic E-state index is 11.8. The molecule has 0 unspecified atom stereocenters. The lowest BCUT2D eigenvalue weighted by Crippen LogP contribution is -2.47. The van der Waals surface area contributed by atoms with Crippen LogP contribution in [0.15, 0.2) is 23.6 Å². The maximum Gasteiger partial charge on any atom is 0.414 e. The molecule has 1 heterocycles. The Labute approximate surface area is 135 Å². The summed E-state index contributed by atoms with van der Waals surface area (Å²) in [6.45, 7) is 10.3. The summed E-state index contributed by atoms with van der Waals surface area (Å²) in [5.41, 5.74) is -1.38. The molecule has 0 atom stereocenters. The number of hydrogen-bond donors (Lipinski definition) is 2. The molecule has 0 bridgehead atoms. The van der Waals surface area contributed by atoms with Gasteiger partial charge in [0.25, 0.3) is 0 Å². The third kappa shape index (κ3) is 8.44. The van der Waals surface area contributed by atoms with E-state index in [4.69, 9.17) is 9.47 Å². The molecule has 128 valence electrons. The number of hydrogen-bond acceptors (Lipinski definition) is 6. The Kier molecular flexibility index (Phi) is 5.72. The number of nitrogens with one attached hydrogen (secondary N) is 2. The molecule has 0 spiro atoms. The predicted octanol–water partition coefficient (Wildman–Crippen LogP) is 2.05. The summed E-state index contributed by atoms with van der Waals surface area (Å²) in [5, 5.41) is 12.5. The Morgan fingerprint density at radius 3 is 1.83 bits per heavy atom. The lowest BCUT2D eigenvalue weighted by molar-refractivity contribution is 0.0544. The molecule has 1 aromatic rings. The summed E-state index contributed by atoms with van der Waals surface area (Å²) in [7, 11) is 0. The molecule has 0 radical (unpaired) electrons.